The summed E-state index contributed by atoms with van der Waals surface area (Å²) in [7, 11) is -3.13. The van der Waals surface area contributed by atoms with Crippen molar-refractivity contribution in [3.05, 3.63) is 29.8 Å². The number of hydrogen-bond acceptors (Lipinski definition) is 3. The quantitative estimate of drug-likeness (QED) is 0.915. The molecule has 0 radical (unpaired) electrons. The van der Waals surface area contributed by atoms with E-state index >= 15 is 0 Å². The minimum atomic E-state index is -3.13. The third-order valence-electron chi connectivity index (χ3n) is 2.75. The monoisotopic (exact) mass is 271 g/mol. The summed E-state index contributed by atoms with van der Waals surface area (Å²) in [6, 6.07) is 7.98. The lowest BCUT2D eigenvalue weighted by molar-refractivity contribution is 0.545. The Bertz CT molecular complexity index is 485. The molecule has 3 nitrogen and oxygen atoms in total. The zero-order valence-electron chi connectivity index (χ0n) is 9.85. The minimum Gasteiger partial charge on any atom is -0.212 e. The van der Waals surface area contributed by atoms with Crippen LogP contribution in [0.1, 0.15) is 31.4 Å². The number of benzene rings is 1. The van der Waals surface area contributed by atoms with Crippen LogP contribution in [0.15, 0.2) is 29.2 Å². The van der Waals surface area contributed by atoms with Gasteiger partial charge in [0, 0.05) is 10.9 Å². The molecule has 0 aromatic heterocycles. The van der Waals surface area contributed by atoms with Crippen LogP contribution in [0.4, 0.5) is 0 Å². The van der Waals surface area contributed by atoms with Crippen LogP contribution in [-0.4, -0.2) is 19.9 Å². The Labute approximate surface area is 107 Å². The molecule has 0 bridgehead atoms. The second kappa shape index (κ2) is 5.42. The Kier molecular flexibility index (Phi) is 4.12. The molecule has 1 atom stereocenters. The van der Waals surface area contributed by atoms with Gasteiger partial charge in [-0.05, 0) is 30.2 Å². The van der Waals surface area contributed by atoms with Crippen molar-refractivity contribution in [2.24, 2.45) is 0 Å². The molecule has 0 aliphatic carbocycles. The highest BCUT2D eigenvalue weighted by Crippen LogP contribution is 2.36. The smallest absolute Gasteiger partial charge is 0.212 e. The van der Waals surface area contributed by atoms with Gasteiger partial charge in [0.2, 0.25) is 10.0 Å². The normalized spacial score (nSPS) is 19.9. The number of sulfonamides is 1. The van der Waals surface area contributed by atoms with E-state index in [1.165, 1.54) is 4.90 Å². The van der Waals surface area contributed by atoms with Gasteiger partial charge in [-0.2, -0.15) is 0 Å². The molecular weight excluding hydrogens is 254 g/mol. The van der Waals surface area contributed by atoms with Crippen molar-refractivity contribution in [1.82, 2.24) is 4.72 Å². The van der Waals surface area contributed by atoms with Gasteiger partial charge in [-0.3, -0.25) is 0 Å². The molecule has 0 spiro atoms. The summed E-state index contributed by atoms with van der Waals surface area (Å²) in [4.78, 5) is 1.20. The molecule has 1 aliphatic heterocycles. The number of nitrogens with one attached hydrogen (secondary N) is 1. The maximum atomic E-state index is 11.8. The summed E-state index contributed by atoms with van der Waals surface area (Å²) < 4.78 is 26.4. The lowest BCUT2D eigenvalue weighted by atomic mass is 10.1. The van der Waals surface area contributed by atoms with Gasteiger partial charge in [-0.1, -0.05) is 25.1 Å². The molecule has 5 heteroatoms. The summed E-state index contributed by atoms with van der Waals surface area (Å²) in [6.07, 6.45) is 1.52. The zero-order chi connectivity index (χ0) is 12.3. The highest BCUT2D eigenvalue weighted by atomic mass is 32.2. The minimum absolute atomic E-state index is 0.0519. The van der Waals surface area contributed by atoms with Gasteiger partial charge in [-0.25, -0.2) is 13.1 Å². The summed E-state index contributed by atoms with van der Waals surface area (Å²) in [5.41, 5.74) is 1.11. The second-order valence-electron chi connectivity index (χ2n) is 4.16. The van der Waals surface area contributed by atoms with E-state index in [0.717, 1.165) is 17.7 Å². The zero-order valence-corrected chi connectivity index (χ0v) is 11.5. The van der Waals surface area contributed by atoms with Crippen molar-refractivity contribution in [2.45, 2.75) is 30.7 Å². The number of rotatable bonds is 4. The van der Waals surface area contributed by atoms with Crippen LogP contribution in [0.25, 0.3) is 0 Å². The highest BCUT2D eigenvalue weighted by molar-refractivity contribution is 7.99. The van der Waals surface area contributed by atoms with E-state index in [0.29, 0.717) is 6.42 Å². The largest absolute Gasteiger partial charge is 0.212 e. The summed E-state index contributed by atoms with van der Waals surface area (Å²) in [5, 5.41) is 0. The fraction of sp³-hybridized carbons (Fsp3) is 0.500. The molecule has 1 aromatic carbocycles. The molecule has 0 saturated heterocycles. The van der Waals surface area contributed by atoms with Gasteiger partial charge in [0.15, 0.2) is 0 Å². The standard InChI is InChI=1S/C12H17NO2S2/c1-2-9-17(14,15)13-11-7-8-16-12-6-4-3-5-10(11)12/h3-6,11,13H,2,7-9H2,1H3. The highest BCUT2D eigenvalue weighted by Gasteiger charge is 2.24. The van der Waals surface area contributed by atoms with E-state index in [-0.39, 0.29) is 11.8 Å². The van der Waals surface area contributed by atoms with Crippen LogP contribution in [0.2, 0.25) is 0 Å². The predicted octanol–water partition coefficient (Wildman–Crippen LogP) is 2.55. The first-order chi connectivity index (χ1) is 8.12. The van der Waals surface area contributed by atoms with Crippen LogP contribution < -0.4 is 4.72 Å². The predicted molar refractivity (Wildman–Crippen MR) is 71.7 cm³/mol. The summed E-state index contributed by atoms with van der Waals surface area (Å²) in [6.45, 7) is 1.88. The lowest BCUT2D eigenvalue weighted by Crippen LogP contribution is -2.32. The average Bonchev–Trinajstić information content (AvgIpc) is 2.29. The van der Waals surface area contributed by atoms with Gasteiger partial charge >= 0.3 is 0 Å². The van der Waals surface area contributed by atoms with E-state index in [1.54, 1.807) is 11.8 Å². The van der Waals surface area contributed by atoms with Gasteiger partial charge in [0.25, 0.3) is 0 Å². The van der Waals surface area contributed by atoms with E-state index < -0.39 is 10.0 Å². The van der Waals surface area contributed by atoms with Crippen molar-refractivity contribution < 1.29 is 8.42 Å². The Morgan fingerprint density at radius 3 is 2.94 bits per heavy atom. The van der Waals surface area contributed by atoms with Crippen LogP contribution in [-0.2, 0) is 10.0 Å². The van der Waals surface area contributed by atoms with Crippen molar-refractivity contribution in [2.75, 3.05) is 11.5 Å². The molecule has 1 aliphatic rings. The summed E-state index contributed by atoms with van der Waals surface area (Å²) >= 11 is 1.80. The fourth-order valence-corrected chi connectivity index (χ4v) is 4.47. The first-order valence-corrected chi connectivity index (χ1v) is 8.48. The molecule has 0 saturated carbocycles. The average molecular weight is 271 g/mol. The van der Waals surface area contributed by atoms with E-state index in [4.69, 9.17) is 0 Å². The molecular formula is C12H17NO2S2. The molecule has 17 heavy (non-hydrogen) atoms. The Morgan fingerprint density at radius 2 is 2.18 bits per heavy atom. The molecule has 1 unspecified atom stereocenters. The molecule has 1 N–H and O–H groups in total. The van der Waals surface area contributed by atoms with Gasteiger partial charge < -0.3 is 0 Å². The van der Waals surface area contributed by atoms with Crippen molar-refractivity contribution in [3.8, 4) is 0 Å². The first kappa shape index (κ1) is 12.9. The second-order valence-corrected chi connectivity index (χ2v) is 7.17. The van der Waals surface area contributed by atoms with Crippen LogP contribution in [0.3, 0.4) is 0 Å². The maximum absolute atomic E-state index is 11.8. The van der Waals surface area contributed by atoms with E-state index in [2.05, 4.69) is 10.8 Å². The molecule has 0 amide bonds. The third kappa shape index (κ3) is 3.24. The molecule has 1 heterocycles. The maximum Gasteiger partial charge on any atom is 0.212 e. The molecule has 2 rings (SSSR count). The fourth-order valence-electron chi connectivity index (χ4n) is 2.01. The Morgan fingerprint density at radius 1 is 1.41 bits per heavy atom. The van der Waals surface area contributed by atoms with Crippen LogP contribution in [0.5, 0.6) is 0 Å². The van der Waals surface area contributed by atoms with E-state index in [9.17, 15) is 8.42 Å². The molecule has 1 aromatic rings. The van der Waals surface area contributed by atoms with E-state index in [1.807, 2.05) is 25.1 Å². The number of thioether (sulfide) groups is 1. The lowest BCUT2D eigenvalue weighted by Gasteiger charge is -2.25. The first-order valence-electron chi connectivity index (χ1n) is 5.84. The molecule has 0 fully saturated rings. The van der Waals surface area contributed by atoms with Gasteiger partial charge in [0.1, 0.15) is 0 Å². The molecule has 94 valence electrons. The van der Waals surface area contributed by atoms with Crippen molar-refractivity contribution >= 4 is 21.8 Å². The Hall–Kier alpha value is -0.520. The van der Waals surface area contributed by atoms with Crippen LogP contribution >= 0.6 is 11.8 Å². The number of fused-ring (bicyclic) bond motifs is 1. The van der Waals surface area contributed by atoms with Crippen LogP contribution in [0, 0.1) is 0 Å². The topological polar surface area (TPSA) is 46.2 Å². The van der Waals surface area contributed by atoms with Gasteiger partial charge in [-0.15, -0.1) is 11.8 Å². The Balaban J connectivity index is 2.19. The van der Waals surface area contributed by atoms with Gasteiger partial charge in [0.05, 0.1) is 5.75 Å². The summed E-state index contributed by atoms with van der Waals surface area (Å²) in [5.74, 6) is 1.18. The SMILES string of the molecule is CCCS(=O)(=O)NC1CCSc2ccccc21. The third-order valence-corrected chi connectivity index (χ3v) is 5.47. The van der Waals surface area contributed by atoms with Crippen molar-refractivity contribution in [3.63, 3.8) is 0 Å². The van der Waals surface area contributed by atoms with Crippen molar-refractivity contribution in [1.29, 1.82) is 0 Å². The number of hydrogen-bond donors (Lipinski definition) is 1.